The second kappa shape index (κ2) is 12.2. The summed E-state index contributed by atoms with van der Waals surface area (Å²) in [5.74, 6) is 0.660. The fourth-order valence-corrected chi connectivity index (χ4v) is 6.19. The second-order valence-corrected chi connectivity index (χ2v) is 12.2. The summed E-state index contributed by atoms with van der Waals surface area (Å²) in [5, 5.41) is 10.2. The van der Waals surface area contributed by atoms with Gasteiger partial charge in [-0.2, -0.15) is 0 Å². The average Bonchev–Trinajstić information content (AvgIpc) is 3.27. The Hall–Kier alpha value is -3.10. The van der Waals surface area contributed by atoms with Gasteiger partial charge in [0.15, 0.2) is 0 Å². The van der Waals surface area contributed by atoms with Gasteiger partial charge in [-0.1, -0.05) is 50.3 Å². The van der Waals surface area contributed by atoms with E-state index in [1.807, 2.05) is 48.0 Å². The molecule has 1 aromatic heterocycles. The van der Waals surface area contributed by atoms with Gasteiger partial charge in [0.25, 0.3) is 5.91 Å². The lowest BCUT2D eigenvalue weighted by molar-refractivity contribution is -0.132. The number of carbonyl (C=O) groups excluding carboxylic acids is 2. The van der Waals surface area contributed by atoms with E-state index in [4.69, 9.17) is 16.6 Å². The number of aryl methyl sites for hydroxylation is 1. The summed E-state index contributed by atoms with van der Waals surface area (Å²) in [5.41, 5.74) is 3.63. The van der Waals surface area contributed by atoms with Crippen molar-refractivity contribution in [3.63, 3.8) is 0 Å². The summed E-state index contributed by atoms with van der Waals surface area (Å²) >= 11 is 6.54. The number of nitrogens with one attached hydrogen (secondary N) is 3. The molecule has 1 saturated carbocycles. The van der Waals surface area contributed by atoms with E-state index < -0.39 is 0 Å². The van der Waals surface area contributed by atoms with Gasteiger partial charge >= 0.3 is 0 Å². The molecule has 3 N–H and O–H groups in total. The first-order valence-corrected chi connectivity index (χ1v) is 14.9. The van der Waals surface area contributed by atoms with E-state index in [0.717, 1.165) is 55.2 Å². The highest BCUT2D eigenvalue weighted by Crippen LogP contribution is 2.36. The maximum Gasteiger partial charge on any atom is 0.251 e. The molecule has 1 unspecified atom stereocenters. The predicted molar refractivity (Wildman–Crippen MR) is 161 cm³/mol. The number of piperidine rings is 1. The molecule has 5 rings (SSSR count). The molecule has 1 aliphatic carbocycles. The van der Waals surface area contributed by atoms with Gasteiger partial charge in [-0.3, -0.25) is 9.59 Å². The average molecular weight is 565 g/mol. The van der Waals surface area contributed by atoms with Gasteiger partial charge in [-0.25, -0.2) is 4.98 Å². The molecular formula is C31H41ClN6O2. The molecule has 2 aromatic carbocycles. The highest BCUT2D eigenvalue weighted by molar-refractivity contribution is 6.33. The van der Waals surface area contributed by atoms with Crippen LogP contribution < -0.4 is 16.0 Å². The summed E-state index contributed by atoms with van der Waals surface area (Å²) in [6.07, 6.45) is 8.87. The number of hydrogen-bond donors (Lipinski definition) is 3. The lowest BCUT2D eigenvalue weighted by atomic mass is 9.75. The van der Waals surface area contributed by atoms with E-state index in [1.165, 1.54) is 19.3 Å². The van der Waals surface area contributed by atoms with Crippen molar-refractivity contribution < 1.29 is 9.59 Å². The lowest BCUT2D eigenvalue weighted by Gasteiger charge is -2.32. The molecule has 3 aromatic rings. The number of fused-ring (bicyclic) bond motifs is 1. The van der Waals surface area contributed by atoms with E-state index in [2.05, 4.69) is 34.8 Å². The molecule has 0 spiro atoms. The molecule has 214 valence electrons. The highest BCUT2D eigenvalue weighted by atomic mass is 35.5. The van der Waals surface area contributed by atoms with Gasteiger partial charge in [-0.15, -0.1) is 0 Å². The monoisotopic (exact) mass is 564 g/mol. The van der Waals surface area contributed by atoms with Gasteiger partial charge in [0, 0.05) is 37.2 Å². The maximum atomic E-state index is 12.9. The minimum absolute atomic E-state index is 0.0825. The number of hydrogen-bond acceptors (Lipinski definition) is 5. The molecular weight excluding hydrogens is 524 g/mol. The minimum Gasteiger partial charge on any atom is -0.352 e. The lowest BCUT2D eigenvalue weighted by Crippen LogP contribution is -2.44. The van der Waals surface area contributed by atoms with Gasteiger partial charge in [-0.05, 0) is 75.2 Å². The number of aromatic nitrogens is 2. The topological polar surface area (TPSA) is 91.3 Å². The zero-order valence-electron chi connectivity index (χ0n) is 23.9. The molecule has 0 radical (unpaired) electrons. The van der Waals surface area contributed by atoms with Crippen molar-refractivity contribution in [2.75, 3.05) is 25.5 Å². The third-order valence-corrected chi connectivity index (χ3v) is 9.13. The first-order valence-electron chi connectivity index (χ1n) is 14.5. The quantitative estimate of drug-likeness (QED) is 0.323. The largest absolute Gasteiger partial charge is 0.352 e. The number of nitrogens with zero attached hydrogens (tertiary/aromatic N) is 3. The van der Waals surface area contributed by atoms with Crippen molar-refractivity contribution in [2.24, 2.45) is 12.5 Å². The van der Waals surface area contributed by atoms with Crippen molar-refractivity contribution in [1.82, 2.24) is 25.1 Å². The normalized spacial score (nSPS) is 19.4. The van der Waals surface area contributed by atoms with Crippen LogP contribution in [0.15, 0.2) is 36.4 Å². The van der Waals surface area contributed by atoms with Crippen LogP contribution >= 0.6 is 11.6 Å². The van der Waals surface area contributed by atoms with E-state index in [-0.39, 0.29) is 17.2 Å². The summed E-state index contributed by atoms with van der Waals surface area (Å²) < 4.78 is 1.95. The summed E-state index contributed by atoms with van der Waals surface area (Å²) in [6, 6.07) is 11.7. The Kier molecular flexibility index (Phi) is 8.66. The Morgan fingerprint density at radius 2 is 1.82 bits per heavy atom. The van der Waals surface area contributed by atoms with E-state index in [1.54, 1.807) is 0 Å². The number of carbonyl (C=O) groups is 2. The van der Waals surface area contributed by atoms with E-state index >= 15 is 0 Å². The van der Waals surface area contributed by atoms with Gasteiger partial charge in [0.05, 0.1) is 21.7 Å². The van der Waals surface area contributed by atoms with Crippen LogP contribution in [0.25, 0.3) is 11.0 Å². The van der Waals surface area contributed by atoms with Crippen molar-refractivity contribution in [3.05, 3.63) is 52.5 Å². The number of amides is 2. The summed E-state index contributed by atoms with van der Waals surface area (Å²) in [7, 11) is 4.05. The zero-order valence-corrected chi connectivity index (χ0v) is 24.6. The van der Waals surface area contributed by atoms with Crippen LogP contribution in [-0.2, 0) is 18.4 Å². The first-order chi connectivity index (χ1) is 19.2. The van der Waals surface area contributed by atoms with Crippen LogP contribution in [0.1, 0.15) is 74.2 Å². The first kappa shape index (κ1) is 28.4. The van der Waals surface area contributed by atoms with Gasteiger partial charge in [0.1, 0.15) is 0 Å². The number of likely N-dealkylation sites (N-methyl/N-ethyl adjacent to an activating group) is 1. The third kappa shape index (κ3) is 6.28. The molecule has 1 aliphatic heterocycles. The number of benzene rings is 2. The van der Waals surface area contributed by atoms with Gasteiger partial charge < -0.3 is 25.4 Å². The smallest absolute Gasteiger partial charge is 0.251 e. The van der Waals surface area contributed by atoms with Crippen molar-refractivity contribution in [2.45, 2.75) is 70.9 Å². The van der Waals surface area contributed by atoms with Gasteiger partial charge in [0.2, 0.25) is 11.9 Å². The Morgan fingerprint density at radius 1 is 1.02 bits per heavy atom. The molecule has 40 heavy (non-hydrogen) atoms. The van der Waals surface area contributed by atoms with E-state index in [9.17, 15) is 9.59 Å². The number of imidazole rings is 1. The standard InChI is InChI=1S/C31H41ClN6O2/c1-31(14-6-4-7-15-31)29(40)34-19-21-10-12-24(32)25(17-21)35-30-36-26-18-22(11-13-27(26)38(30)3)28(39)33-20-23-9-5-8-16-37(23)2/h10-13,17-18,23H,4-9,14-16,19-20H2,1-3H3,(H,33,39)(H,34,40)(H,35,36). The van der Waals surface area contributed by atoms with Crippen LogP contribution in [0, 0.1) is 5.41 Å². The maximum absolute atomic E-state index is 12.9. The molecule has 8 nitrogen and oxygen atoms in total. The van der Waals surface area contributed by atoms with Crippen LogP contribution in [0.2, 0.25) is 5.02 Å². The van der Waals surface area contributed by atoms with Crippen molar-refractivity contribution in [3.8, 4) is 0 Å². The van der Waals surface area contributed by atoms with Crippen molar-refractivity contribution >= 4 is 46.1 Å². The Labute approximate surface area is 241 Å². The molecule has 1 saturated heterocycles. The molecule has 2 fully saturated rings. The van der Waals surface area contributed by atoms with Crippen LogP contribution in [0.5, 0.6) is 0 Å². The van der Waals surface area contributed by atoms with Crippen LogP contribution in [0.3, 0.4) is 0 Å². The van der Waals surface area contributed by atoms with Crippen molar-refractivity contribution in [1.29, 1.82) is 0 Å². The number of halogens is 1. The fraction of sp³-hybridized carbons (Fsp3) is 0.516. The second-order valence-electron chi connectivity index (χ2n) is 11.8. The molecule has 2 amide bonds. The SMILES string of the molecule is CN1CCCCC1CNC(=O)c1ccc2c(c1)nc(Nc1cc(CNC(=O)C3(C)CCCCC3)ccc1Cl)n2C. The molecule has 9 heteroatoms. The van der Waals surface area contributed by atoms with Crippen LogP contribution in [0.4, 0.5) is 11.6 Å². The predicted octanol–water partition coefficient (Wildman–Crippen LogP) is 5.77. The number of anilines is 2. The van der Waals surface area contributed by atoms with E-state index in [0.29, 0.717) is 41.4 Å². The zero-order chi connectivity index (χ0) is 28.3. The molecule has 2 heterocycles. The Balaban J connectivity index is 1.25. The van der Waals surface area contributed by atoms with Crippen LogP contribution in [-0.4, -0.2) is 52.4 Å². The highest BCUT2D eigenvalue weighted by Gasteiger charge is 2.34. The Morgan fingerprint density at radius 3 is 2.60 bits per heavy atom. The molecule has 2 aliphatic rings. The molecule has 1 atom stereocenters. The fourth-order valence-electron chi connectivity index (χ4n) is 6.02. The molecule has 0 bridgehead atoms. The minimum atomic E-state index is -0.277. The third-order valence-electron chi connectivity index (χ3n) is 8.80. The summed E-state index contributed by atoms with van der Waals surface area (Å²) in [6.45, 7) is 4.25. The number of likely N-dealkylation sites (tertiary alicyclic amines) is 1. The summed E-state index contributed by atoms with van der Waals surface area (Å²) in [4.78, 5) is 32.9. The Bertz CT molecular complexity index is 1380. The number of rotatable bonds is 8.